The number of ether oxygens (including phenoxy) is 2. The maximum atomic E-state index is 12.5. The van der Waals surface area contributed by atoms with Crippen LogP contribution in [0.15, 0.2) is 0 Å². The molecule has 0 aromatic heterocycles. The van der Waals surface area contributed by atoms with Crippen LogP contribution in [-0.2, 0) is 19.1 Å². The SMILES string of the molecule is CC(C)C[C@@H](C(=O)OC(C(=O)O)C(C)C)N(C)C(=O)OC(C)(C)C. The van der Waals surface area contributed by atoms with Crippen LogP contribution >= 0.6 is 0 Å². The summed E-state index contributed by atoms with van der Waals surface area (Å²) in [5.74, 6) is -2.22. The summed E-state index contributed by atoms with van der Waals surface area (Å²) < 4.78 is 10.4. The summed E-state index contributed by atoms with van der Waals surface area (Å²) in [5.41, 5.74) is -0.695. The minimum atomic E-state index is -1.25. The molecule has 0 bridgehead atoms. The number of hydrogen-bond acceptors (Lipinski definition) is 5. The van der Waals surface area contributed by atoms with Crippen LogP contribution in [-0.4, -0.2) is 52.8 Å². The minimum absolute atomic E-state index is 0.106. The molecular weight excluding hydrogens is 314 g/mol. The molecule has 1 unspecified atom stereocenters. The summed E-state index contributed by atoms with van der Waals surface area (Å²) in [6.45, 7) is 12.3. The van der Waals surface area contributed by atoms with Gasteiger partial charge in [-0.05, 0) is 33.1 Å². The molecule has 2 atom stereocenters. The first kappa shape index (κ1) is 22.2. The molecule has 0 heterocycles. The van der Waals surface area contributed by atoms with E-state index in [9.17, 15) is 19.5 Å². The van der Waals surface area contributed by atoms with Crippen molar-refractivity contribution in [1.29, 1.82) is 0 Å². The third kappa shape index (κ3) is 7.66. The molecule has 0 saturated heterocycles. The lowest BCUT2D eigenvalue weighted by molar-refractivity contribution is -0.170. The van der Waals surface area contributed by atoms with Crippen LogP contribution in [0.2, 0.25) is 0 Å². The van der Waals surface area contributed by atoms with Crippen molar-refractivity contribution in [3.05, 3.63) is 0 Å². The van der Waals surface area contributed by atoms with Crippen molar-refractivity contribution in [2.75, 3.05) is 7.05 Å². The van der Waals surface area contributed by atoms with Gasteiger partial charge in [0.1, 0.15) is 11.6 Å². The molecule has 1 amide bonds. The maximum Gasteiger partial charge on any atom is 0.410 e. The highest BCUT2D eigenvalue weighted by Gasteiger charge is 2.35. The van der Waals surface area contributed by atoms with Gasteiger partial charge in [-0.25, -0.2) is 14.4 Å². The summed E-state index contributed by atoms with van der Waals surface area (Å²) in [4.78, 5) is 37.1. The van der Waals surface area contributed by atoms with Gasteiger partial charge in [0.05, 0.1) is 0 Å². The molecule has 0 spiro atoms. The van der Waals surface area contributed by atoms with Gasteiger partial charge < -0.3 is 14.6 Å². The number of carbonyl (C=O) groups is 3. The van der Waals surface area contributed by atoms with Crippen LogP contribution in [0.5, 0.6) is 0 Å². The summed E-state index contributed by atoms with van der Waals surface area (Å²) >= 11 is 0. The number of carboxylic acids is 1. The fraction of sp³-hybridized carbons (Fsp3) is 0.824. The van der Waals surface area contributed by atoms with Gasteiger partial charge in [-0.1, -0.05) is 27.7 Å². The van der Waals surface area contributed by atoms with Gasteiger partial charge in [0.25, 0.3) is 0 Å². The van der Waals surface area contributed by atoms with E-state index < -0.39 is 35.8 Å². The third-order valence-corrected chi connectivity index (χ3v) is 3.21. The van der Waals surface area contributed by atoms with Gasteiger partial charge in [-0.2, -0.15) is 0 Å². The van der Waals surface area contributed by atoms with Crippen molar-refractivity contribution in [1.82, 2.24) is 4.90 Å². The largest absolute Gasteiger partial charge is 0.478 e. The van der Waals surface area contributed by atoms with E-state index in [0.717, 1.165) is 0 Å². The molecule has 0 aliphatic rings. The monoisotopic (exact) mass is 345 g/mol. The van der Waals surface area contributed by atoms with Crippen LogP contribution < -0.4 is 0 Å². The average Bonchev–Trinajstić information content (AvgIpc) is 2.38. The summed E-state index contributed by atoms with van der Waals surface area (Å²) in [6, 6.07) is -0.902. The number of esters is 1. The van der Waals surface area contributed by atoms with Gasteiger partial charge >= 0.3 is 18.0 Å². The second-order valence-corrected chi connectivity index (χ2v) is 7.68. The number of amides is 1. The zero-order chi connectivity index (χ0) is 19.2. The van der Waals surface area contributed by atoms with Crippen molar-refractivity contribution < 1.29 is 29.0 Å². The maximum absolute atomic E-state index is 12.5. The lowest BCUT2D eigenvalue weighted by Gasteiger charge is -2.31. The first-order valence-corrected chi connectivity index (χ1v) is 8.15. The Bertz CT molecular complexity index is 452. The second-order valence-electron chi connectivity index (χ2n) is 7.68. The lowest BCUT2D eigenvalue weighted by atomic mass is 10.0. The molecule has 0 saturated carbocycles. The molecule has 7 heteroatoms. The fourth-order valence-electron chi connectivity index (χ4n) is 2.00. The Morgan fingerprint density at radius 3 is 1.92 bits per heavy atom. The molecule has 24 heavy (non-hydrogen) atoms. The molecule has 0 aromatic carbocycles. The highest BCUT2D eigenvalue weighted by Crippen LogP contribution is 2.18. The molecule has 7 nitrogen and oxygen atoms in total. The molecule has 0 radical (unpaired) electrons. The van der Waals surface area contributed by atoms with Crippen LogP contribution in [0.1, 0.15) is 54.9 Å². The third-order valence-electron chi connectivity index (χ3n) is 3.21. The Kier molecular flexibility index (Phi) is 8.23. The molecule has 140 valence electrons. The van der Waals surface area contributed by atoms with Crippen molar-refractivity contribution in [2.45, 2.75) is 72.6 Å². The topological polar surface area (TPSA) is 93.1 Å². The number of rotatable bonds is 7. The van der Waals surface area contributed by atoms with Gasteiger partial charge in [0.15, 0.2) is 0 Å². The van der Waals surface area contributed by atoms with Crippen LogP contribution in [0, 0.1) is 11.8 Å². The number of carboxylic acid groups (broad SMARTS) is 1. The highest BCUT2D eigenvalue weighted by molar-refractivity contribution is 5.84. The number of nitrogens with zero attached hydrogens (tertiary/aromatic N) is 1. The van der Waals surface area contributed by atoms with Gasteiger partial charge in [-0.3, -0.25) is 4.90 Å². The number of hydrogen-bond donors (Lipinski definition) is 1. The molecule has 0 rings (SSSR count). The Morgan fingerprint density at radius 2 is 1.58 bits per heavy atom. The first-order valence-electron chi connectivity index (χ1n) is 8.15. The van der Waals surface area contributed by atoms with Gasteiger partial charge in [0, 0.05) is 13.0 Å². The Labute approximate surface area is 144 Å². The molecule has 1 N–H and O–H groups in total. The van der Waals surface area contributed by atoms with Crippen molar-refractivity contribution in [2.24, 2.45) is 11.8 Å². The molecule has 0 aromatic rings. The van der Waals surface area contributed by atoms with E-state index in [1.54, 1.807) is 34.6 Å². The summed E-state index contributed by atoms with van der Waals surface area (Å²) in [7, 11) is 1.45. The average molecular weight is 345 g/mol. The predicted octanol–water partition coefficient (Wildman–Crippen LogP) is 2.92. The van der Waals surface area contributed by atoms with Gasteiger partial charge in [0.2, 0.25) is 6.10 Å². The van der Waals surface area contributed by atoms with E-state index in [-0.39, 0.29) is 11.8 Å². The van der Waals surface area contributed by atoms with Crippen molar-refractivity contribution >= 4 is 18.0 Å². The molecule has 0 fully saturated rings. The van der Waals surface area contributed by atoms with E-state index in [1.807, 2.05) is 13.8 Å². The van der Waals surface area contributed by atoms with Crippen molar-refractivity contribution in [3.63, 3.8) is 0 Å². The fourth-order valence-corrected chi connectivity index (χ4v) is 2.00. The highest BCUT2D eigenvalue weighted by atomic mass is 16.6. The minimum Gasteiger partial charge on any atom is -0.478 e. The number of likely N-dealkylation sites (N-methyl/N-ethyl adjacent to an activating group) is 1. The first-order chi connectivity index (χ1) is 10.8. The standard InChI is InChI=1S/C17H31NO6/c1-10(2)9-12(18(8)16(22)24-17(5,6)7)15(21)23-13(11(3)4)14(19)20/h10-13H,9H2,1-8H3,(H,19,20)/t12-,13?/m0/s1. The quantitative estimate of drug-likeness (QED) is 0.713. The Hall–Kier alpha value is -1.79. The number of carbonyl (C=O) groups excluding carboxylic acids is 2. The van der Waals surface area contributed by atoms with E-state index in [4.69, 9.17) is 9.47 Å². The van der Waals surface area contributed by atoms with Crippen molar-refractivity contribution in [3.8, 4) is 0 Å². The van der Waals surface area contributed by atoms with Gasteiger partial charge in [-0.15, -0.1) is 0 Å². The zero-order valence-electron chi connectivity index (χ0n) is 16.0. The van der Waals surface area contributed by atoms with Crippen LogP contribution in [0.3, 0.4) is 0 Å². The van der Waals surface area contributed by atoms with E-state index >= 15 is 0 Å². The summed E-state index contributed by atoms with van der Waals surface area (Å²) in [5, 5.41) is 9.17. The smallest absolute Gasteiger partial charge is 0.410 e. The second kappa shape index (κ2) is 8.89. The normalized spacial score (nSPS) is 14.2. The Morgan fingerprint density at radius 1 is 1.08 bits per heavy atom. The van der Waals surface area contributed by atoms with Crippen LogP contribution in [0.25, 0.3) is 0 Å². The summed E-state index contributed by atoms with van der Waals surface area (Å²) in [6.07, 6.45) is -1.56. The van der Waals surface area contributed by atoms with E-state index in [1.165, 1.54) is 11.9 Å². The zero-order valence-corrected chi connectivity index (χ0v) is 16.0. The molecule has 0 aliphatic carbocycles. The number of aliphatic carboxylic acids is 1. The molecular formula is C17H31NO6. The molecule has 0 aliphatic heterocycles. The Balaban J connectivity index is 5.27. The van der Waals surface area contributed by atoms with E-state index in [2.05, 4.69) is 0 Å². The lowest BCUT2D eigenvalue weighted by Crippen LogP contribution is -2.48. The predicted molar refractivity (Wildman–Crippen MR) is 89.6 cm³/mol. The van der Waals surface area contributed by atoms with E-state index in [0.29, 0.717) is 6.42 Å². The van der Waals surface area contributed by atoms with Crippen LogP contribution in [0.4, 0.5) is 4.79 Å².